The highest BCUT2D eigenvalue weighted by atomic mass is 35.5. The number of rotatable bonds is 3. The maximum atomic E-state index is 10.9. The highest BCUT2D eigenvalue weighted by molar-refractivity contribution is 6.34. The number of non-ortho nitro benzene ring substituents is 1. The Balaban J connectivity index is 0.000000169. The lowest BCUT2D eigenvalue weighted by Gasteiger charge is -2.03. The van der Waals surface area contributed by atoms with E-state index in [0.717, 1.165) is 23.2 Å². The van der Waals surface area contributed by atoms with E-state index in [1.807, 2.05) is 25.1 Å². The summed E-state index contributed by atoms with van der Waals surface area (Å²) in [6.45, 7) is 4.01. The first-order valence-electron chi connectivity index (χ1n) is 9.21. The highest BCUT2D eigenvalue weighted by Crippen LogP contribution is 2.30. The molecule has 0 aliphatic heterocycles. The number of nitro groups is 1. The average Bonchev–Trinajstić information content (AvgIpc) is 2.73. The molecule has 7 heteroatoms. The Labute approximate surface area is 178 Å². The monoisotopic (exact) mass is 427 g/mol. The molecule has 2 heterocycles. The second-order valence-corrected chi connectivity index (χ2v) is 7.08. The lowest BCUT2D eigenvalue weighted by molar-refractivity contribution is -0.383. The van der Waals surface area contributed by atoms with Gasteiger partial charge in [-0.25, -0.2) is 9.97 Å². The first-order chi connectivity index (χ1) is 13.9. The van der Waals surface area contributed by atoms with Crippen LogP contribution in [0.15, 0.2) is 54.6 Å². The number of nitrogens with zero attached hydrogens (tertiary/aromatic N) is 3. The van der Waals surface area contributed by atoms with Crippen molar-refractivity contribution in [3.8, 4) is 0 Å². The molecule has 0 unspecified atom stereocenters. The van der Waals surface area contributed by atoms with E-state index in [4.69, 9.17) is 23.2 Å². The van der Waals surface area contributed by atoms with Gasteiger partial charge in [0.2, 0.25) is 0 Å². The minimum absolute atomic E-state index is 0.0662. The quantitative estimate of drug-likeness (QED) is 0.204. The number of pyridine rings is 2. The van der Waals surface area contributed by atoms with Crippen LogP contribution in [0.1, 0.15) is 25.2 Å². The lowest BCUT2D eigenvalue weighted by atomic mass is 10.1. The maximum Gasteiger partial charge on any atom is 0.277 e. The molecule has 0 radical (unpaired) electrons. The van der Waals surface area contributed by atoms with Gasteiger partial charge in [0, 0.05) is 28.2 Å². The Bertz CT molecular complexity index is 1200. The standard InChI is InChI=1S/C11H9ClN2O2.C11H10ClN/c1-2-7-6-9-8(11(12)13-7)4-3-5-10(9)14(15)16;1-2-9-7-8-5-3-4-6-10(8)11(12)13-9/h3-6H,2H2,1H3;3-7H,2H2,1H3. The van der Waals surface area contributed by atoms with Crippen LogP contribution in [0, 0.1) is 10.1 Å². The van der Waals surface area contributed by atoms with Crippen LogP contribution in [0.4, 0.5) is 5.69 Å². The molecule has 29 heavy (non-hydrogen) atoms. The molecule has 0 saturated heterocycles. The van der Waals surface area contributed by atoms with Gasteiger partial charge in [0.25, 0.3) is 5.69 Å². The zero-order valence-corrected chi connectivity index (χ0v) is 17.5. The molecule has 0 aliphatic carbocycles. The summed E-state index contributed by atoms with van der Waals surface area (Å²) in [5.41, 5.74) is 1.87. The summed E-state index contributed by atoms with van der Waals surface area (Å²) in [6, 6.07) is 16.7. The second-order valence-electron chi connectivity index (χ2n) is 6.37. The van der Waals surface area contributed by atoms with Crippen LogP contribution < -0.4 is 0 Å². The molecule has 2 aromatic carbocycles. The minimum Gasteiger partial charge on any atom is -0.258 e. The predicted octanol–water partition coefficient (Wildman–Crippen LogP) is 6.81. The van der Waals surface area contributed by atoms with Gasteiger partial charge in [0.15, 0.2) is 0 Å². The van der Waals surface area contributed by atoms with Crippen molar-refractivity contribution in [1.29, 1.82) is 0 Å². The lowest BCUT2D eigenvalue weighted by Crippen LogP contribution is -1.93. The van der Waals surface area contributed by atoms with Gasteiger partial charge in [0.1, 0.15) is 10.3 Å². The van der Waals surface area contributed by atoms with E-state index in [0.29, 0.717) is 27.5 Å². The van der Waals surface area contributed by atoms with Gasteiger partial charge >= 0.3 is 0 Å². The fourth-order valence-corrected chi connectivity index (χ4v) is 3.55. The fourth-order valence-electron chi connectivity index (χ4n) is 3.00. The van der Waals surface area contributed by atoms with Crippen molar-refractivity contribution in [3.63, 3.8) is 0 Å². The number of fused-ring (bicyclic) bond motifs is 2. The first-order valence-corrected chi connectivity index (χ1v) is 9.96. The SMILES string of the molecule is CCc1cc2c([N+](=O)[O-])cccc2c(Cl)n1.CCc1cc2ccccc2c(Cl)n1. The molecule has 0 atom stereocenters. The summed E-state index contributed by atoms with van der Waals surface area (Å²) in [5, 5.41) is 15.2. The molecule has 0 spiro atoms. The number of aryl methyl sites for hydroxylation is 2. The van der Waals surface area contributed by atoms with Crippen molar-refractivity contribution < 1.29 is 4.92 Å². The summed E-state index contributed by atoms with van der Waals surface area (Å²) in [6.07, 6.45) is 1.62. The Hall–Kier alpha value is -2.76. The largest absolute Gasteiger partial charge is 0.277 e. The number of nitro benzene ring substituents is 1. The van der Waals surface area contributed by atoms with Gasteiger partial charge in [-0.05, 0) is 30.4 Å². The predicted molar refractivity (Wildman–Crippen MR) is 119 cm³/mol. The average molecular weight is 428 g/mol. The Morgan fingerprint density at radius 3 is 2.07 bits per heavy atom. The van der Waals surface area contributed by atoms with E-state index in [2.05, 4.69) is 29.0 Å². The van der Waals surface area contributed by atoms with Crippen molar-refractivity contribution in [3.05, 3.63) is 86.4 Å². The van der Waals surface area contributed by atoms with E-state index >= 15 is 0 Å². The third-order valence-corrected chi connectivity index (χ3v) is 5.10. The summed E-state index contributed by atoms with van der Waals surface area (Å²) in [5.74, 6) is 0. The van der Waals surface area contributed by atoms with E-state index in [1.165, 1.54) is 11.5 Å². The zero-order valence-electron chi connectivity index (χ0n) is 16.0. The molecule has 0 bridgehead atoms. The summed E-state index contributed by atoms with van der Waals surface area (Å²) in [4.78, 5) is 18.9. The van der Waals surface area contributed by atoms with E-state index in [-0.39, 0.29) is 5.69 Å². The molecular weight excluding hydrogens is 409 g/mol. The van der Waals surface area contributed by atoms with Gasteiger partial charge in [-0.2, -0.15) is 0 Å². The molecular formula is C22H19Cl2N3O2. The Morgan fingerprint density at radius 2 is 1.41 bits per heavy atom. The molecule has 0 amide bonds. The van der Waals surface area contributed by atoms with Crippen molar-refractivity contribution in [2.45, 2.75) is 26.7 Å². The van der Waals surface area contributed by atoms with Gasteiger partial charge in [-0.15, -0.1) is 0 Å². The molecule has 0 fully saturated rings. The van der Waals surface area contributed by atoms with Crippen molar-refractivity contribution in [2.24, 2.45) is 0 Å². The minimum atomic E-state index is -0.405. The molecule has 148 valence electrons. The van der Waals surface area contributed by atoms with Crippen molar-refractivity contribution in [2.75, 3.05) is 0 Å². The molecule has 0 saturated carbocycles. The molecule has 0 N–H and O–H groups in total. The van der Waals surface area contributed by atoms with Crippen LogP contribution in [0.3, 0.4) is 0 Å². The summed E-state index contributed by atoms with van der Waals surface area (Å²) >= 11 is 12.0. The second kappa shape index (κ2) is 9.16. The molecule has 4 rings (SSSR count). The molecule has 5 nitrogen and oxygen atoms in total. The van der Waals surface area contributed by atoms with Crippen molar-refractivity contribution in [1.82, 2.24) is 9.97 Å². The van der Waals surface area contributed by atoms with E-state index in [1.54, 1.807) is 18.2 Å². The van der Waals surface area contributed by atoms with Gasteiger partial charge < -0.3 is 0 Å². The van der Waals surface area contributed by atoms with Gasteiger partial charge in [0.05, 0.1) is 10.3 Å². The Morgan fingerprint density at radius 1 is 0.828 bits per heavy atom. The third kappa shape index (κ3) is 4.63. The van der Waals surface area contributed by atoms with Crippen LogP contribution in [0.2, 0.25) is 10.3 Å². The number of hydrogen-bond donors (Lipinski definition) is 0. The van der Waals surface area contributed by atoms with Crippen LogP contribution >= 0.6 is 23.2 Å². The van der Waals surface area contributed by atoms with Crippen LogP contribution in [0.5, 0.6) is 0 Å². The first kappa shape index (κ1) is 21.0. The normalized spacial score (nSPS) is 10.6. The topological polar surface area (TPSA) is 68.9 Å². The highest BCUT2D eigenvalue weighted by Gasteiger charge is 2.14. The number of aromatic nitrogens is 2. The fraction of sp³-hybridized carbons (Fsp3) is 0.182. The number of halogens is 2. The number of benzene rings is 2. The van der Waals surface area contributed by atoms with Crippen LogP contribution in [-0.2, 0) is 12.8 Å². The van der Waals surface area contributed by atoms with E-state index < -0.39 is 4.92 Å². The summed E-state index contributed by atoms with van der Waals surface area (Å²) in [7, 11) is 0. The van der Waals surface area contributed by atoms with Gasteiger partial charge in [-0.3, -0.25) is 10.1 Å². The van der Waals surface area contributed by atoms with Crippen LogP contribution in [-0.4, -0.2) is 14.9 Å². The maximum absolute atomic E-state index is 10.9. The van der Waals surface area contributed by atoms with Gasteiger partial charge in [-0.1, -0.05) is 73.4 Å². The third-order valence-electron chi connectivity index (χ3n) is 4.53. The molecule has 4 aromatic rings. The van der Waals surface area contributed by atoms with E-state index in [9.17, 15) is 10.1 Å². The Kier molecular flexibility index (Phi) is 6.62. The molecule has 0 aliphatic rings. The summed E-state index contributed by atoms with van der Waals surface area (Å²) < 4.78 is 0. The molecule has 2 aromatic heterocycles. The number of hydrogen-bond acceptors (Lipinski definition) is 4. The zero-order chi connectivity index (χ0) is 21.0. The smallest absolute Gasteiger partial charge is 0.258 e. The van der Waals surface area contributed by atoms with Crippen molar-refractivity contribution >= 4 is 50.4 Å². The van der Waals surface area contributed by atoms with Crippen LogP contribution in [0.25, 0.3) is 21.5 Å².